The van der Waals surface area contributed by atoms with Crippen molar-refractivity contribution in [1.82, 2.24) is 19.9 Å². The van der Waals surface area contributed by atoms with Crippen molar-refractivity contribution in [1.29, 1.82) is 0 Å². The van der Waals surface area contributed by atoms with Crippen molar-refractivity contribution >= 4 is 28.5 Å². The molecule has 1 aromatic carbocycles. The SMILES string of the molecule is Cn1cnc2cc(CNC(=O)c3cccnc3Cl)ccc21. The average molecular weight is 301 g/mol. The van der Waals surface area contributed by atoms with Gasteiger partial charge in [-0.15, -0.1) is 0 Å². The summed E-state index contributed by atoms with van der Waals surface area (Å²) in [6.07, 6.45) is 3.32. The fourth-order valence-corrected chi connectivity index (χ4v) is 2.33. The van der Waals surface area contributed by atoms with E-state index in [4.69, 9.17) is 11.6 Å². The highest BCUT2D eigenvalue weighted by molar-refractivity contribution is 6.32. The summed E-state index contributed by atoms with van der Waals surface area (Å²) in [5, 5.41) is 3.03. The minimum atomic E-state index is -0.241. The second-order valence-corrected chi connectivity index (χ2v) is 5.06. The Labute approximate surface area is 126 Å². The van der Waals surface area contributed by atoms with Crippen LogP contribution in [0.5, 0.6) is 0 Å². The number of aromatic nitrogens is 3. The number of halogens is 1. The first-order chi connectivity index (χ1) is 10.1. The molecule has 0 aliphatic heterocycles. The summed E-state index contributed by atoms with van der Waals surface area (Å²) < 4.78 is 1.95. The Bertz CT molecular complexity index is 812. The average Bonchev–Trinajstić information content (AvgIpc) is 2.86. The molecule has 0 spiro atoms. The zero-order chi connectivity index (χ0) is 14.8. The summed E-state index contributed by atoms with van der Waals surface area (Å²) in [6, 6.07) is 9.24. The van der Waals surface area contributed by atoms with E-state index in [0.717, 1.165) is 16.6 Å². The topological polar surface area (TPSA) is 59.8 Å². The van der Waals surface area contributed by atoms with E-state index in [9.17, 15) is 4.79 Å². The molecule has 2 heterocycles. The zero-order valence-corrected chi connectivity index (χ0v) is 12.1. The molecule has 1 amide bonds. The van der Waals surface area contributed by atoms with E-state index in [1.54, 1.807) is 24.7 Å². The molecule has 0 aliphatic carbocycles. The highest BCUT2D eigenvalue weighted by Crippen LogP contribution is 2.15. The molecule has 0 radical (unpaired) electrons. The Balaban J connectivity index is 1.74. The number of amides is 1. The number of carbonyl (C=O) groups excluding carboxylic acids is 1. The van der Waals surface area contributed by atoms with Gasteiger partial charge in [0, 0.05) is 19.8 Å². The minimum absolute atomic E-state index is 0.204. The second kappa shape index (κ2) is 5.54. The van der Waals surface area contributed by atoms with Crippen molar-refractivity contribution in [2.75, 3.05) is 0 Å². The molecule has 5 nitrogen and oxygen atoms in total. The lowest BCUT2D eigenvalue weighted by Gasteiger charge is -2.06. The minimum Gasteiger partial charge on any atom is -0.348 e. The summed E-state index contributed by atoms with van der Waals surface area (Å²) >= 11 is 5.90. The van der Waals surface area contributed by atoms with Crippen molar-refractivity contribution in [3.8, 4) is 0 Å². The maximum absolute atomic E-state index is 12.1. The number of hydrogen-bond acceptors (Lipinski definition) is 3. The first kappa shape index (κ1) is 13.6. The van der Waals surface area contributed by atoms with Crippen LogP contribution in [-0.4, -0.2) is 20.4 Å². The van der Waals surface area contributed by atoms with E-state index in [1.165, 1.54) is 0 Å². The molecule has 2 aromatic heterocycles. The molecule has 0 unspecified atom stereocenters. The number of pyridine rings is 1. The van der Waals surface area contributed by atoms with Crippen LogP contribution in [0.3, 0.4) is 0 Å². The molecule has 3 aromatic rings. The predicted octanol–water partition coefficient (Wildman–Crippen LogP) is 2.55. The van der Waals surface area contributed by atoms with Crippen molar-refractivity contribution < 1.29 is 4.79 Å². The number of hydrogen-bond donors (Lipinski definition) is 1. The Kier molecular flexibility index (Phi) is 3.58. The molecule has 0 fully saturated rings. The number of nitrogens with one attached hydrogen (secondary N) is 1. The van der Waals surface area contributed by atoms with E-state index < -0.39 is 0 Å². The summed E-state index contributed by atoms with van der Waals surface area (Å²) in [6.45, 7) is 0.413. The highest BCUT2D eigenvalue weighted by Gasteiger charge is 2.10. The zero-order valence-electron chi connectivity index (χ0n) is 11.4. The quantitative estimate of drug-likeness (QED) is 0.756. The number of imidazole rings is 1. The maximum Gasteiger partial charge on any atom is 0.254 e. The van der Waals surface area contributed by atoms with Crippen molar-refractivity contribution in [2.24, 2.45) is 7.05 Å². The third kappa shape index (κ3) is 2.73. The van der Waals surface area contributed by atoms with E-state index >= 15 is 0 Å². The molecule has 3 rings (SSSR count). The van der Waals surface area contributed by atoms with Gasteiger partial charge in [0.1, 0.15) is 5.15 Å². The molecular weight excluding hydrogens is 288 g/mol. The van der Waals surface area contributed by atoms with Gasteiger partial charge in [-0.1, -0.05) is 17.7 Å². The van der Waals surface area contributed by atoms with Gasteiger partial charge in [0.15, 0.2) is 0 Å². The van der Waals surface area contributed by atoms with Gasteiger partial charge < -0.3 is 9.88 Å². The van der Waals surface area contributed by atoms with Crippen molar-refractivity contribution in [2.45, 2.75) is 6.54 Å². The van der Waals surface area contributed by atoms with Crippen molar-refractivity contribution in [3.63, 3.8) is 0 Å². The lowest BCUT2D eigenvalue weighted by molar-refractivity contribution is 0.0950. The van der Waals surface area contributed by atoms with Crippen LogP contribution >= 0.6 is 11.6 Å². The molecule has 0 atom stereocenters. The van der Waals surface area contributed by atoms with Crippen LogP contribution < -0.4 is 5.32 Å². The highest BCUT2D eigenvalue weighted by atomic mass is 35.5. The number of aryl methyl sites for hydroxylation is 1. The summed E-state index contributed by atoms with van der Waals surface area (Å²) in [7, 11) is 1.95. The second-order valence-electron chi connectivity index (χ2n) is 4.70. The molecule has 0 saturated carbocycles. The van der Waals surface area contributed by atoms with Gasteiger partial charge in [0.2, 0.25) is 0 Å². The lowest BCUT2D eigenvalue weighted by Crippen LogP contribution is -2.23. The molecule has 0 aliphatic rings. The van der Waals surface area contributed by atoms with Gasteiger partial charge >= 0.3 is 0 Å². The smallest absolute Gasteiger partial charge is 0.254 e. The van der Waals surface area contributed by atoms with Crippen LogP contribution in [0.15, 0.2) is 42.9 Å². The largest absolute Gasteiger partial charge is 0.348 e. The van der Waals surface area contributed by atoms with E-state index in [-0.39, 0.29) is 11.1 Å². The van der Waals surface area contributed by atoms with Gasteiger partial charge in [-0.2, -0.15) is 0 Å². The van der Waals surface area contributed by atoms with Gasteiger partial charge in [-0.3, -0.25) is 4.79 Å². The monoisotopic (exact) mass is 300 g/mol. The Morgan fingerprint density at radius 3 is 3.00 bits per heavy atom. The van der Waals surface area contributed by atoms with Crippen LogP contribution in [0, 0.1) is 0 Å². The van der Waals surface area contributed by atoms with Crippen LogP contribution in [0.1, 0.15) is 15.9 Å². The number of benzene rings is 1. The number of nitrogens with zero attached hydrogens (tertiary/aromatic N) is 3. The maximum atomic E-state index is 12.1. The fourth-order valence-electron chi connectivity index (χ4n) is 2.12. The molecule has 6 heteroatoms. The van der Waals surface area contributed by atoms with Crippen LogP contribution in [0.4, 0.5) is 0 Å². The normalized spacial score (nSPS) is 10.8. The van der Waals surface area contributed by atoms with Gasteiger partial charge in [-0.05, 0) is 29.8 Å². The third-order valence-electron chi connectivity index (χ3n) is 3.25. The standard InChI is InChI=1S/C15H13ClN4O/c1-20-9-19-12-7-10(4-5-13(12)20)8-18-15(21)11-3-2-6-17-14(11)16/h2-7,9H,8H2,1H3,(H,18,21). The van der Waals surface area contributed by atoms with E-state index in [1.807, 2.05) is 29.8 Å². The number of fused-ring (bicyclic) bond motifs is 1. The summed E-state index contributed by atoms with van der Waals surface area (Å²) in [5.74, 6) is -0.241. The first-order valence-electron chi connectivity index (χ1n) is 6.44. The summed E-state index contributed by atoms with van der Waals surface area (Å²) in [4.78, 5) is 20.2. The first-order valence-corrected chi connectivity index (χ1v) is 6.81. The Hall–Kier alpha value is -2.40. The number of rotatable bonds is 3. The van der Waals surface area contributed by atoms with E-state index in [2.05, 4.69) is 15.3 Å². The van der Waals surface area contributed by atoms with Crippen LogP contribution in [-0.2, 0) is 13.6 Å². The summed E-state index contributed by atoms with van der Waals surface area (Å²) in [5.41, 5.74) is 3.32. The van der Waals surface area contributed by atoms with E-state index in [0.29, 0.717) is 12.1 Å². The Morgan fingerprint density at radius 1 is 1.33 bits per heavy atom. The van der Waals surface area contributed by atoms with Crippen molar-refractivity contribution in [3.05, 3.63) is 59.1 Å². The molecular formula is C15H13ClN4O. The third-order valence-corrected chi connectivity index (χ3v) is 3.55. The number of carbonyl (C=O) groups is 1. The van der Waals surface area contributed by atoms with Gasteiger partial charge in [0.25, 0.3) is 5.91 Å². The van der Waals surface area contributed by atoms with Gasteiger partial charge in [0.05, 0.1) is 22.9 Å². The Morgan fingerprint density at radius 2 is 2.19 bits per heavy atom. The van der Waals surface area contributed by atoms with Crippen LogP contribution in [0.25, 0.3) is 11.0 Å². The molecule has 106 valence electrons. The molecule has 21 heavy (non-hydrogen) atoms. The molecule has 1 N–H and O–H groups in total. The fraction of sp³-hybridized carbons (Fsp3) is 0.133. The molecule has 0 saturated heterocycles. The van der Waals surface area contributed by atoms with Crippen LogP contribution in [0.2, 0.25) is 5.15 Å². The predicted molar refractivity (Wildman–Crippen MR) is 81.1 cm³/mol. The van der Waals surface area contributed by atoms with Gasteiger partial charge in [-0.25, -0.2) is 9.97 Å². The lowest BCUT2D eigenvalue weighted by atomic mass is 10.2. The molecule has 0 bridgehead atoms.